The molecule has 0 aliphatic carbocycles. The Hall–Kier alpha value is -0.940. The van der Waals surface area contributed by atoms with Gasteiger partial charge in [-0.15, -0.1) is 0 Å². The maximum Gasteiger partial charge on any atom is 0.306 e. The van der Waals surface area contributed by atoms with Crippen molar-refractivity contribution >= 4 is 11.8 Å². The molecule has 0 bridgehead atoms. The summed E-state index contributed by atoms with van der Waals surface area (Å²) < 4.78 is 5.74. The Labute approximate surface area is 165 Å². The van der Waals surface area contributed by atoms with Gasteiger partial charge in [-0.05, 0) is 68.2 Å². The molecule has 2 saturated heterocycles. The zero-order chi connectivity index (χ0) is 20.7. The lowest BCUT2D eigenvalue weighted by Gasteiger charge is -2.46. The van der Waals surface area contributed by atoms with Crippen molar-refractivity contribution in [1.29, 1.82) is 0 Å². The third-order valence-corrected chi connectivity index (χ3v) is 5.67. The number of ether oxygens (including phenoxy) is 1. The maximum absolute atomic E-state index is 12.7. The van der Waals surface area contributed by atoms with Gasteiger partial charge in [-0.25, -0.2) is 0 Å². The lowest BCUT2D eigenvalue weighted by atomic mass is 9.73. The fourth-order valence-electron chi connectivity index (χ4n) is 5.54. The minimum Gasteiger partial charge on any atom is -0.462 e. The van der Waals surface area contributed by atoms with Crippen LogP contribution in [0.2, 0.25) is 0 Å². The van der Waals surface area contributed by atoms with E-state index in [0.29, 0.717) is 0 Å². The minimum atomic E-state index is -0.241. The standard InChI is InChI=1S/C22H40N2O3/c1-19(2)11-15(12-20(3,4)23-19)17(25)9-10-18(26)27-16-13-21(5,6)24-22(7,8)14-16/h15-16,23-24H,9-14H2,1-8H3. The van der Waals surface area contributed by atoms with Gasteiger partial charge in [-0.3, -0.25) is 9.59 Å². The molecule has 2 fully saturated rings. The van der Waals surface area contributed by atoms with Crippen molar-refractivity contribution in [2.75, 3.05) is 0 Å². The fraction of sp³-hybridized carbons (Fsp3) is 0.909. The summed E-state index contributed by atoms with van der Waals surface area (Å²) in [5.74, 6) is -0.0318. The average molecular weight is 381 g/mol. The highest BCUT2D eigenvalue weighted by Crippen LogP contribution is 2.34. The van der Waals surface area contributed by atoms with Crippen molar-refractivity contribution in [3.63, 3.8) is 0 Å². The van der Waals surface area contributed by atoms with Crippen LogP contribution in [0.1, 0.15) is 93.9 Å². The normalized spacial score (nSPS) is 27.1. The van der Waals surface area contributed by atoms with Gasteiger partial charge in [0.2, 0.25) is 0 Å². The van der Waals surface area contributed by atoms with Crippen LogP contribution in [0.3, 0.4) is 0 Å². The first-order valence-corrected chi connectivity index (χ1v) is 10.4. The summed E-state index contributed by atoms with van der Waals surface area (Å²) in [4.78, 5) is 25.1. The highest BCUT2D eigenvalue weighted by atomic mass is 16.5. The van der Waals surface area contributed by atoms with E-state index in [0.717, 1.165) is 25.7 Å². The van der Waals surface area contributed by atoms with Gasteiger partial charge >= 0.3 is 5.97 Å². The lowest BCUT2D eigenvalue weighted by molar-refractivity contribution is -0.154. The number of hydrogen-bond acceptors (Lipinski definition) is 5. The molecule has 156 valence electrons. The van der Waals surface area contributed by atoms with E-state index in [-0.39, 0.29) is 58.8 Å². The Kier molecular flexibility index (Phi) is 6.19. The van der Waals surface area contributed by atoms with Crippen molar-refractivity contribution in [3.8, 4) is 0 Å². The van der Waals surface area contributed by atoms with E-state index in [1.807, 2.05) is 0 Å². The van der Waals surface area contributed by atoms with Crippen LogP contribution in [0, 0.1) is 5.92 Å². The van der Waals surface area contributed by atoms with E-state index in [2.05, 4.69) is 66.0 Å². The number of carbonyl (C=O) groups excluding carboxylic acids is 2. The Morgan fingerprint density at radius 3 is 1.59 bits per heavy atom. The third-order valence-electron chi connectivity index (χ3n) is 5.67. The van der Waals surface area contributed by atoms with E-state index in [1.165, 1.54) is 0 Å². The second-order valence-electron chi connectivity index (χ2n) is 11.4. The number of hydrogen-bond donors (Lipinski definition) is 2. The van der Waals surface area contributed by atoms with Crippen molar-refractivity contribution in [3.05, 3.63) is 0 Å². The molecule has 0 spiro atoms. The van der Waals surface area contributed by atoms with Crippen LogP contribution < -0.4 is 10.6 Å². The lowest BCUT2D eigenvalue weighted by Crippen LogP contribution is -2.59. The van der Waals surface area contributed by atoms with Crippen molar-refractivity contribution in [2.24, 2.45) is 5.92 Å². The molecule has 5 heteroatoms. The number of esters is 1. The van der Waals surface area contributed by atoms with Crippen molar-refractivity contribution in [2.45, 2.75) is 122 Å². The zero-order valence-corrected chi connectivity index (χ0v) is 18.6. The summed E-state index contributed by atoms with van der Waals surface area (Å²) >= 11 is 0. The molecule has 0 amide bonds. The predicted molar refractivity (Wildman–Crippen MR) is 109 cm³/mol. The van der Waals surface area contributed by atoms with Crippen LogP contribution >= 0.6 is 0 Å². The van der Waals surface area contributed by atoms with E-state index < -0.39 is 0 Å². The van der Waals surface area contributed by atoms with Gasteiger partial charge in [0, 0.05) is 47.3 Å². The molecule has 2 heterocycles. The highest BCUT2D eigenvalue weighted by molar-refractivity contribution is 5.85. The summed E-state index contributed by atoms with van der Waals surface area (Å²) in [6.45, 7) is 17.1. The van der Waals surface area contributed by atoms with Gasteiger partial charge in [0.05, 0.1) is 6.42 Å². The van der Waals surface area contributed by atoms with Gasteiger partial charge in [-0.1, -0.05) is 0 Å². The fourth-order valence-corrected chi connectivity index (χ4v) is 5.54. The maximum atomic E-state index is 12.7. The van der Waals surface area contributed by atoms with Gasteiger partial charge in [0.1, 0.15) is 11.9 Å². The topological polar surface area (TPSA) is 67.4 Å². The molecule has 0 aromatic rings. The number of ketones is 1. The second kappa shape index (κ2) is 7.47. The van der Waals surface area contributed by atoms with Crippen LogP contribution in [0.4, 0.5) is 0 Å². The first-order chi connectivity index (χ1) is 12.1. The molecule has 0 radical (unpaired) electrons. The van der Waals surface area contributed by atoms with E-state index in [4.69, 9.17) is 4.74 Å². The van der Waals surface area contributed by atoms with Crippen molar-refractivity contribution in [1.82, 2.24) is 10.6 Å². The van der Waals surface area contributed by atoms with Crippen molar-refractivity contribution < 1.29 is 14.3 Å². The first-order valence-electron chi connectivity index (χ1n) is 10.4. The molecule has 0 aromatic heterocycles. The van der Waals surface area contributed by atoms with E-state index in [9.17, 15) is 9.59 Å². The second-order valence-corrected chi connectivity index (χ2v) is 11.4. The molecule has 0 unspecified atom stereocenters. The van der Waals surface area contributed by atoms with E-state index >= 15 is 0 Å². The van der Waals surface area contributed by atoms with Crippen LogP contribution in [0.15, 0.2) is 0 Å². The number of carbonyl (C=O) groups is 2. The quantitative estimate of drug-likeness (QED) is 0.711. The molecule has 0 aromatic carbocycles. The van der Waals surface area contributed by atoms with Crippen LogP contribution in [-0.2, 0) is 14.3 Å². The number of Topliss-reactive ketones (excluding diaryl/α,β-unsaturated/α-hetero) is 1. The molecule has 2 aliphatic heterocycles. The Morgan fingerprint density at radius 1 is 0.741 bits per heavy atom. The SMILES string of the molecule is CC1(C)CC(OC(=O)CCC(=O)C2CC(C)(C)NC(C)(C)C2)CC(C)(C)N1. The molecular weight excluding hydrogens is 340 g/mol. The van der Waals surface area contributed by atoms with Gasteiger partial charge in [-0.2, -0.15) is 0 Å². The molecule has 5 nitrogen and oxygen atoms in total. The largest absolute Gasteiger partial charge is 0.462 e. The summed E-state index contributed by atoms with van der Waals surface area (Å²) in [6, 6.07) is 0. The summed E-state index contributed by atoms with van der Waals surface area (Å²) in [5, 5.41) is 7.19. The summed E-state index contributed by atoms with van der Waals surface area (Å²) in [7, 11) is 0. The molecule has 0 saturated carbocycles. The van der Waals surface area contributed by atoms with Gasteiger partial charge in [0.15, 0.2) is 0 Å². The summed E-state index contributed by atoms with van der Waals surface area (Å²) in [6.07, 6.45) is 3.62. The first kappa shape index (κ1) is 22.4. The average Bonchev–Trinajstić information content (AvgIpc) is 2.37. The number of piperidine rings is 2. The number of nitrogens with one attached hydrogen (secondary N) is 2. The van der Waals surface area contributed by atoms with Crippen LogP contribution in [0.5, 0.6) is 0 Å². The van der Waals surface area contributed by atoms with Crippen LogP contribution in [0.25, 0.3) is 0 Å². The Balaban J connectivity index is 1.85. The summed E-state index contributed by atoms with van der Waals surface area (Å²) in [5.41, 5.74) is -0.243. The predicted octanol–water partition coefficient (Wildman–Crippen LogP) is 3.74. The molecule has 27 heavy (non-hydrogen) atoms. The van der Waals surface area contributed by atoms with Gasteiger partial charge < -0.3 is 15.4 Å². The highest BCUT2D eigenvalue weighted by Gasteiger charge is 2.41. The number of rotatable bonds is 5. The molecule has 2 aliphatic rings. The molecule has 2 rings (SSSR count). The Bertz CT molecular complexity index is 546. The Morgan fingerprint density at radius 2 is 1.15 bits per heavy atom. The third kappa shape index (κ3) is 6.86. The molecule has 2 N–H and O–H groups in total. The molecule has 0 atom stereocenters. The van der Waals surface area contributed by atoms with Gasteiger partial charge in [0.25, 0.3) is 0 Å². The smallest absolute Gasteiger partial charge is 0.306 e. The van der Waals surface area contributed by atoms with E-state index in [1.54, 1.807) is 0 Å². The zero-order valence-electron chi connectivity index (χ0n) is 18.6. The van der Waals surface area contributed by atoms with Crippen LogP contribution in [-0.4, -0.2) is 40.0 Å². The minimum absolute atomic E-state index is 0.0146. The molecular formula is C22H40N2O3. The monoisotopic (exact) mass is 380 g/mol.